The third-order valence-electron chi connectivity index (χ3n) is 4.91. The minimum absolute atomic E-state index is 0.0400. The number of aromatic nitrogens is 6. The molecule has 0 radical (unpaired) electrons. The van der Waals surface area contributed by atoms with Crippen molar-refractivity contribution in [3.63, 3.8) is 0 Å². The van der Waals surface area contributed by atoms with Gasteiger partial charge in [0, 0.05) is 23.2 Å². The molecule has 0 aliphatic rings. The third kappa shape index (κ3) is 4.17. The van der Waals surface area contributed by atoms with Crippen molar-refractivity contribution in [2.75, 3.05) is 5.32 Å². The summed E-state index contributed by atoms with van der Waals surface area (Å²) < 4.78 is 56.1. The Hall–Kier alpha value is -4.39. The molecule has 0 aliphatic carbocycles. The largest absolute Gasteiger partial charge is 0.434 e. The molecule has 0 bridgehead atoms. The van der Waals surface area contributed by atoms with Crippen LogP contribution in [0.3, 0.4) is 0 Å². The number of carbonyl (C=O) groups is 1. The van der Waals surface area contributed by atoms with Crippen molar-refractivity contribution in [1.29, 1.82) is 0 Å². The lowest BCUT2D eigenvalue weighted by Gasteiger charge is -2.08. The molecule has 0 fully saturated rings. The maximum Gasteiger partial charge on any atom is 0.434 e. The predicted molar refractivity (Wildman–Crippen MR) is 121 cm³/mol. The van der Waals surface area contributed by atoms with Crippen LogP contribution < -0.4 is 5.32 Å². The maximum atomic E-state index is 14.8. The average Bonchev–Trinajstić information content (AvgIpc) is 3.56. The summed E-state index contributed by atoms with van der Waals surface area (Å²) in [5.74, 6) is -1.26. The summed E-state index contributed by atoms with van der Waals surface area (Å²) >= 11 is 0.702. The Bertz CT molecular complexity index is 1570. The van der Waals surface area contributed by atoms with E-state index in [9.17, 15) is 22.4 Å². The molecule has 35 heavy (non-hydrogen) atoms. The van der Waals surface area contributed by atoms with E-state index in [1.807, 2.05) is 18.2 Å². The number of hydrogen-bond donors (Lipinski definition) is 1. The fraction of sp³-hybridized carbons (Fsp3) is 0.0455. The Kier molecular flexibility index (Phi) is 5.40. The molecular formula is C22H13F4N7OS. The number of thiazole rings is 1. The van der Waals surface area contributed by atoms with Crippen molar-refractivity contribution in [3.8, 4) is 22.0 Å². The minimum atomic E-state index is -4.64. The lowest BCUT2D eigenvalue weighted by molar-refractivity contribution is -0.140. The van der Waals surface area contributed by atoms with Gasteiger partial charge in [0.25, 0.3) is 5.91 Å². The highest BCUT2D eigenvalue weighted by atomic mass is 32.1. The number of amides is 1. The van der Waals surface area contributed by atoms with Crippen molar-refractivity contribution in [3.05, 3.63) is 78.0 Å². The Morgan fingerprint density at radius 1 is 1.17 bits per heavy atom. The molecular weight excluding hydrogens is 486 g/mol. The number of nitrogens with one attached hydrogen (secondary N) is 1. The van der Waals surface area contributed by atoms with Gasteiger partial charge in [-0.15, -0.1) is 16.4 Å². The number of carbonyl (C=O) groups excluding carboxylic acids is 1. The van der Waals surface area contributed by atoms with Crippen LogP contribution in [0, 0.1) is 5.82 Å². The van der Waals surface area contributed by atoms with E-state index in [-0.39, 0.29) is 27.6 Å². The van der Waals surface area contributed by atoms with Gasteiger partial charge in [-0.2, -0.15) is 18.3 Å². The van der Waals surface area contributed by atoms with E-state index >= 15 is 0 Å². The quantitative estimate of drug-likeness (QED) is 0.335. The first-order chi connectivity index (χ1) is 16.7. The van der Waals surface area contributed by atoms with Gasteiger partial charge in [0.05, 0.1) is 23.6 Å². The molecule has 4 aromatic heterocycles. The zero-order valence-corrected chi connectivity index (χ0v) is 18.3. The van der Waals surface area contributed by atoms with E-state index in [1.165, 1.54) is 23.0 Å². The number of pyridine rings is 1. The van der Waals surface area contributed by atoms with E-state index in [2.05, 4.69) is 32.1 Å². The molecule has 0 unspecified atom stereocenters. The summed E-state index contributed by atoms with van der Waals surface area (Å²) in [6.45, 7) is 3.55. The monoisotopic (exact) mass is 499 g/mol. The molecule has 8 nitrogen and oxygen atoms in total. The summed E-state index contributed by atoms with van der Waals surface area (Å²) in [5, 5.41) is 11.4. The molecule has 5 aromatic rings. The fourth-order valence-corrected chi connectivity index (χ4v) is 4.14. The van der Waals surface area contributed by atoms with E-state index in [1.54, 1.807) is 12.1 Å². The fourth-order valence-electron chi connectivity index (χ4n) is 3.30. The normalized spacial score (nSPS) is 11.7. The molecule has 176 valence electrons. The van der Waals surface area contributed by atoms with Crippen LogP contribution in [0.5, 0.6) is 0 Å². The van der Waals surface area contributed by atoms with Crippen molar-refractivity contribution in [2.45, 2.75) is 6.18 Å². The molecule has 0 aliphatic heterocycles. The second-order valence-electron chi connectivity index (χ2n) is 7.16. The highest BCUT2D eigenvalue weighted by molar-refractivity contribution is 7.13. The van der Waals surface area contributed by atoms with E-state index in [4.69, 9.17) is 0 Å². The van der Waals surface area contributed by atoms with Crippen LogP contribution in [-0.4, -0.2) is 35.3 Å². The van der Waals surface area contributed by atoms with Crippen LogP contribution >= 0.6 is 11.3 Å². The van der Waals surface area contributed by atoms with Gasteiger partial charge in [0.15, 0.2) is 23.0 Å². The first-order valence-electron chi connectivity index (χ1n) is 9.90. The minimum Gasteiger partial charge on any atom is -0.318 e. The topological polar surface area (TPSA) is 90.0 Å². The summed E-state index contributed by atoms with van der Waals surface area (Å²) in [5.41, 5.74) is -0.414. The lowest BCUT2D eigenvalue weighted by Crippen LogP contribution is -2.18. The summed E-state index contributed by atoms with van der Waals surface area (Å²) in [7, 11) is 0. The Morgan fingerprint density at radius 2 is 1.94 bits per heavy atom. The van der Waals surface area contributed by atoms with Gasteiger partial charge in [0.1, 0.15) is 10.7 Å². The highest BCUT2D eigenvalue weighted by Gasteiger charge is 2.34. The summed E-state index contributed by atoms with van der Waals surface area (Å²) in [6.07, 6.45) is -1.19. The van der Waals surface area contributed by atoms with Crippen molar-refractivity contribution < 1.29 is 22.4 Å². The van der Waals surface area contributed by atoms with E-state index < -0.39 is 23.6 Å². The number of rotatable bonds is 5. The maximum absolute atomic E-state index is 14.8. The van der Waals surface area contributed by atoms with Crippen LogP contribution in [0.15, 0.2) is 60.8 Å². The van der Waals surface area contributed by atoms with Crippen LogP contribution in [0.2, 0.25) is 0 Å². The second-order valence-corrected chi connectivity index (χ2v) is 8.02. The van der Waals surface area contributed by atoms with Gasteiger partial charge >= 0.3 is 6.18 Å². The number of hydrogen-bond acceptors (Lipinski definition) is 6. The molecule has 5 rings (SSSR count). The first-order valence-corrected chi connectivity index (χ1v) is 10.8. The predicted octanol–water partition coefficient (Wildman–Crippen LogP) is 5.23. The van der Waals surface area contributed by atoms with Gasteiger partial charge in [-0.1, -0.05) is 36.9 Å². The van der Waals surface area contributed by atoms with Crippen LogP contribution in [0.1, 0.15) is 16.2 Å². The van der Waals surface area contributed by atoms with Crippen molar-refractivity contribution >= 4 is 34.8 Å². The average molecular weight is 499 g/mol. The summed E-state index contributed by atoms with van der Waals surface area (Å²) in [4.78, 5) is 21.0. The molecule has 1 N–H and O–H groups in total. The number of halogens is 4. The molecule has 0 saturated carbocycles. The van der Waals surface area contributed by atoms with E-state index in [0.29, 0.717) is 17.2 Å². The highest BCUT2D eigenvalue weighted by Crippen LogP contribution is 2.35. The van der Waals surface area contributed by atoms with Gasteiger partial charge in [0.2, 0.25) is 0 Å². The van der Waals surface area contributed by atoms with Crippen molar-refractivity contribution in [2.24, 2.45) is 0 Å². The SMILES string of the molecule is C=Cn1ncc(-c2nc(C(F)(F)F)cs2)c1C(=O)Nc1cc2nc(-c3ccccc3)nn2cc1F. The first kappa shape index (κ1) is 22.4. The second kappa shape index (κ2) is 8.43. The van der Waals surface area contributed by atoms with Crippen LogP contribution in [0.4, 0.5) is 23.2 Å². The van der Waals surface area contributed by atoms with Gasteiger partial charge in [-0.3, -0.25) is 4.79 Å². The molecule has 1 aromatic carbocycles. The van der Waals surface area contributed by atoms with Crippen LogP contribution in [0.25, 0.3) is 33.8 Å². The zero-order chi connectivity index (χ0) is 24.7. The smallest absolute Gasteiger partial charge is 0.318 e. The molecule has 1 amide bonds. The summed E-state index contributed by atoms with van der Waals surface area (Å²) in [6, 6.07) is 10.4. The third-order valence-corrected chi connectivity index (χ3v) is 5.79. The molecule has 13 heteroatoms. The van der Waals surface area contributed by atoms with E-state index in [0.717, 1.165) is 21.8 Å². The number of alkyl halides is 3. The molecule has 4 heterocycles. The Labute approximate surface area is 198 Å². The zero-order valence-electron chi connectivity index (χ0n) is 17.5. The lowest BCUT2D eigenvalue weighted by atomic mass is 10.2. The Balaban J connectivity index is 1.49. The van der Waals surface area contributed by atoms with Gasteiger partial charge in [-0.05, 0) is 0 Å². The van der Waals surface area contributed by atoms with Crippen LogP contribution in [-0.2, 0) is 6.18 Å². The number of benzene rings is 1. The Morgan fingerprint density at radius 3 is 2.63 bits per heavy atom. The molecule has 0 saturated heterocycles. The number of anilines is 1. The molecule has 0 atom stereocenters. The van der Waals surface area contributed by atoms with Gasteiger partial charge < -0.3 is 5.32 Å². The van der Waals surface area contributed by atoms with Crippen molar-refractivity contribution in [1.82, 2.24) is 29.4 Å². The molecule has 0 spiro atoms. The number of fused-ring (bicyclic) bond motifs is 1. The van der Waals surface area contributed by atoms with Gasteiger partial charge in [-0.25, -0.2) is 23.6 Å². The standard InChI is InChI=1S/C22H13F4N7OS/c1-2-32-18(13(9-27-32)21-29-16(11-35-21)22(24,25)26)20(34)28-15-8-17-30-19(12-6-4-3-5-7-12)31-33(17)10-14(15)23/h2-11H,1H2,(H,28,34). The number of nitrogens with zero attached hydrogens (tertiary/aromatic N) is 6.